The number of methoxy groups -OCH3 is 1. The van der Waals surface area contributed by atoms with Gasteiger partial charge in [-0.25, -0.2) is 0 Å². The maximum atomic E-state index is 5.33. The Bertz CT molecular complexity index is 1080. The van der Waals surface area contributed by atoms with E-state index in [1.54, 1.807) is 7.11 Å². The zero-order valence-corrected chi connectivity index (χ0v) is 16.6. The van der Waals surface area contributed by atoms with Gasteiger partial charge >= 0.3 is 0 Å². The van der Waals surface area contributed by atoms with Crippen molar-refractivity contribution in [2.24, 2.45) is 0 Å². The summed E-state index contributed by atoms with van der Waals surface area (Å²) < 4.78 is 6.37. The molecule has 0 amide bonds. The van der Waals surface area contributed by atoms with E-state index < -0.39 is 0 Å². The maximum Gasteiger partial charge on any atom is 0.246 e. The minimum absolute atomic E-state index is 0.0788. The third-order valence-corrected chi connectivity index (χ3v) is 5.13. The number of hydrogen-bond acceptors (Lipinski definition) is 4. The summed E-state index contributed by atoms with van der Waals surface area (Å²) in [6.45, 7) is 2.13. The predicted molar refractivity (Wildman–Crippen MR) is 112 cm³/mol. The minimum atomic E-state index is 0.0788. The van der Waals surface area contributed by atoms with Gasteiger partial charge in [-0.15, -0.1) is 5.10 Å². The van der Waals surface area contributed by atoms with Gasteiger partial charge in [0.25, 0.3) is 0 Å². The van der Waals surface area contributed by atoms with Crippen molar-refractivity contribution < 1.29 is 4.74 Å². The molecule has 0 saturated carbocycles. The van der Waals surface area contributed by atoms with Gasteiger partial charge in [0.2, 0.25) is 5.95 Å². The molecule has 5 nitrogen and oxygen atoms in total. The number of hydrogen-bond donors (Lipinski definition) is 2. The number of anilines is 2. The van der Waals surface area contributed by atoms with Gasteiger partial charge in [0.05, 0.1) is 7.11 Å². The first-order chi connectivity index (χ1) is 13.1. The Balaban J connectivity index is 1.61. The van der Waals surface area contributed by atoms with Crippen LogP contribution in [0.5, 0.6) is 5.75 Å². The molecule has 1 unspecified atom stereocenters. The van der Waals surface area contributed by atoms with Crippen LogP contribution in [0.15, 0.2) is 65.1 Å². The van der Waals surface area contributed by atoms with Gasteiger partial charge in [-0.2, -0.15) is 4.98 Å². The first kappa shape index (κ1) is 17.5. The summed E-state index contributed by atoms with van der Waals surface area (Å²) in [5.41, 5.74) is 2.13. The van der Waals surface area contributed by atoms with E-state index in [1.807, 2.05) is 36.4 Å². The van der Waals surface area contributed by atoms with Crippen molar-refractivity contribution >= 4 is 38.3 Å². The van der Waals surface area contributed by atoms with Crippen molar-refractivity contribution in [2.75, 3.05) is 12.4 Å². The van der Waals surface area contributed by atoms with E-state index in [0.29, 0.717) is 5.95 Å². The molecule has 0 aliphatic carbocycles. The van der Waals surface area contributed by atoms with Gasteiger partial charge in [0, 0.05) is 16.1 Å². The fraction of sp³-hybridized carbons (Fsp3) is 0.143. The summed E-state index contributed by atoms with van der Waals surface area (Å²) in [5, 5.41) is 12.9. The molecule has 4 rings (SSSR count). The van der Waals surface area contributed by atoms with Gasteiger partial charge in [-0.3, -0.25) is 5.10 Å². The lowest BCUT2D eigenvalue weighted by Gasteiger charge is -2.13. The maximum absolute atomic E-state index is 5.33. The molecule has 3 aromatic carbocycles. The zero-order valence-electron chi connectivity index (χ0n) is 15.0. The van der Waals surface area contributed by atoms with Crippen molar-refractivity contribution in [2.45, 2.75) is 12.8 Å². The van der Waals surface area contributed by atoms with Gasteiger partial charge in [0.15, 0.2) is 0 Å². The Morgan fingerprint density at radius 2 is 1.89 bits per heavy atom. The van der Waals surface area contributed by atoms with E-state index in [-0.39, 0.29) is 5.92 Å². The first-order valence-corrected chi connectivity index (χ1v) is 9.45. The quantitative estimate of drug-likeness (QED) is 0.437. The van der Waals surface area contributed by atoms with Crippen molar-refractivity contribution in [1.82, 2.24) is 15.2 Å². The lowest BCUT2D eigenvalue weighted by atomic mass is 9.94. The van der Waals surface area contributed by atoms with Gasteiger partial charge in [0.1, 0.15) is 11.6 Å². The highest BCUT2D eigenvalue weighted by Gasteiger charge is 2.16. The van der Waals surface area contributed by atoms with Gasteiger partial charge in [-0.05, 0) is 52.7 Å². The van der Waals surface area contributed by atoms with Crippen LogP contribution in [0.2, 0.25) is 0 Å². The summed E-state index contributed by atoms with van der Waals surface area (Å²) in [6, 6.07) is 20.3. The SMILES string of the molecule is COc1ccc2c(C(C)c3nc(Nc4ccc(Br)cc4)n[nH]3)cccc2c1. The van der Waals surface area contributed by atoms with Crippen molar-refractivity contribution in [3.63, 3.8) is 0 Å². The molecule has 0 saturated heterocycles. The van der Waals surface area contributed by atoms with E-state index in [4.69, 9.17) is 4.74 Å². The molecule has 4 aromatic rings. The molecule has 0 bridgehead atoms. The second-order valence-electron chi connectivity index (χ2n) is 6.33. The van der Waals surface area contributed by atoms with Gasteiger partial charge < -0.3 is 10.1 Å². The summed E-state index contributed by atoms with van der Waals surface area (Å²) in [6.07, 6.45) is 0. The van der Waals surface area contributed by atoms with Crippen LogP contribution in [0.25, 0.3) is 10.8 Å². The number of aromatic amines is 1. The molecule has 0 radical (unpaired) electrons. The third kappa shape index (κ3) is 3.66. The lowest BCUT2D eigenvalue weighted by Crippen LogP contribution is -2.00. The zero-order chi connectivity index (χ0) is 18.8. The molecular weight excluding hydrogens is 404 g/mol. The Hall–Kier alpha value is -2.86. The van der Waals surface area contributed by atoms with E-state index in [2.05, 4.69) is 67.6 Å². The molecule has 0 aliphatic heterocycles. The number of aromatic nitrogens is 3. The van der Waals surface area contributed by atoms with Gasteiger partial charge in [-0.1, -0.05) is 47.1 Å². The number of nitrogens with one attached hydrogen (secondary N) is 2. The molecule has 6 heteroatoms. The fourth-order valence-corrected chi connectivity index (χ4v) is 3.39. The number of nitrogens with zero attached hydrogens (tertiary/aromatic N) is 2. The van der Waals surface area contributed by atoms with Crippen LogP contribution in [0.1, 0.15) is 24.2 Å². The second kappa shape index (κ2) is 7.40. The third-order valence-electron chi connectivity index (χ3n) is 4.60. The Morgan fingerprint density at radius 1 is 1.07 bits per heavy atom. The molecule has 27 heavy (non-hydrogen) atoms. The highest BCUT2D eigenvalue weighted by Crippen LogP contribution is 2.31. The number of ether oxygens (including phenoxy) is 1. The fourth-order valence-electron chi connectivity index (χ4n) is 3.12. The van der Waals surface area contributed by atoms with Crippen LogP contribution >= 0.6 is 15.9 Å². The normalized spacial score (nSPS) is 12.1. The highest BCUT2D eigenvalue weighted by atomic mass is 79.9. The van der Waals surface area contributed by atoms with Crippen LogP contribution in [-0.4, -0.2) is 22.3 Å². The lowest BCUT2D eigenvalue weighted by molar-refractivity contribution is 0.415. The van der Waals surface area contributed by atoms with Crippen LogP contribution in [0.3, 0.4) is 0 Å². The smallest absolute Gasteiger partial charge is 0.246 e. The number of H-pyrrole nitrogens is 1. The number of halogens is 1. The Morgan fingerprint density at radius 3 is 2.67 bits per heavy atom. The van der Waals surface area contributed by atoms with E-state index in [1.165, 1.54) is 10.9 Å². The molecule has 2 N–H and O–H groups in total. The van der Waals surface area contributed by atoms with E-state index in [9.17, 15) is 0 Å². The number of rotatable bonds is 5. The predicted octanol–water partition coefficient (Wildman–Crippen LogP) is 5.62. The van der Waals surface area contributed by atoms with Crippen molar-refractivity contribution in [3.8, 4) is 5.75 Å². The molecule has 1 heterocycles. The monoisotopic (exact) mass is 422 g/mol. The Labute approximate surface area is 165 Å². The molecular formula is C21H19BrN4O. The van der Waals surface area contributed by atoms with Crippen LogP contribution in [-0.2, 0) is 0 Å². The average Bonchev–Trinajstić information content (AvgIpc) is 3.16. The Kier molecular flexibility index (Phi) is 4.81. The number of fused-ring (bicyclic) bond motifs is 1. The van der Waals surface area contributed by atoms with Crippen LogP contribution in [0.4, 0.5) is 11.6 Å². The molecule has 136 valence electrons. The standard InChI is InChI=1S/C21H19BrN4O/c1-13(18-5-3-4-14-12-17(27-2)10-11-19(14)18)20-24-21(26-25-20)23-16-8-6-15(22)7-9-16/h3-13H,1-2H3,(H2,23,24,25,26). The summed E-state index contributed by atoms with van der Waals surface area (Å²) in [4.78, 5) is 4.63. The largest absolute Gasteiger partial charge is 0.497 e. The molecule has 1 aromatic heterocycles. The molecule has 1 atom stereocenters. The van der Waals surface area contributed by atoms with E-state index in [0.717, 1.165) is 27.1 Å². The topological polar surface area (TPSA) is 62.8 Å². The summed E-state index contributed by atoms with van der Waals surface area (Å²) in [5.74, 6) is 2.31. The number of benzene rings is 3. The first-order valence-electron chi connectivity index (χ1n) is 8.65. The minimum Gasteiger partial charge on any atom is -0.497 e. The summed E-state index contributed by atoms with van der Waals surface area (Å²) in [7, 11) is 1.68. The van der Waals surface area contributed by atoms with Crippen molar-refractivity contribution in [1.29, 1.82) is 0 Å². The molecule has 0 fully saturated rings. The van der Waals surface area contributed by atoms with Crippen LogP contribution < -0.4 is 10.1 Å². The summed E-state index contributed by atoms with van der Waals surface area (Å²) >= 11 is 3.44. The second-order valence-corrected chi connectivity index (χ2v) is 7.25. The van der Waals surface area contributed by atoms with Crippen molar-refractivity contribution in [3.05, 3.63) is 76.5 Å². The van der Waals surface area contributed by atoms with Crippen LogP contribution in [0, 0.1) is 0 Å². The highest BCUT2D eigenvalue weighted by molar-refractivity contribution is 9.10. The molecule has 0 aliphatic rings. The van der Waals surface area contributed by atoms with E-state index >= 15 is 0 Å². The molecule has 0 spiro atoms. The average molecular weight is 423 g/mol.